The number of aliphatic hydroxyl groups excluding tert-OH is 1. The molecule has 7 heteroatoms. The maximum atomic E-state index is 11.6. The number of carbonyl (C=O) groups is 2. The number of aliphatic hydroxyl groups is 1. The van der Waals surface area contributed by atoms with Gasteiger partial charge in [-0.05, 0) is 67.9 Å². The largest absolute Gasteiger partial charge is 0.391 e. The highest BCUT2D eigenvalue weighted by Crippen LogP contribution is 2.22. The number of β-amino-alcohol motifs (C(OH)–C–C–N with tert-alkyl or cyclic N) is 1. The minimum Gasteiger partial charge on any atom is -0.391 e. The lowest BCUT2D eigenvalue weighted by Crippen LogP contribution is -2.41. The van der Waals surface area contributed by atoms with Gasteiger partial charge >= 0.3 is 0 Å². The Morgan fingerprint density at radius 2 is 1.55 bits per heavy atom. The van der Waals surface area contributed by atoms with Gasteiger partial charge in [0.1, 0.15) is 0 Å². The molecule has 0 aromatic heterocycles. The first-order valence-corrected chi connectivity index (χ1v) is 12.5. The molecule has 0 aliphatic carbocycles. The van der Waals surface area contributed by atoms with Gasteiger partial charge < -0.3 is 24.5 Å². The summed E-state index contributed by atoms with van der Waals surface area (Å²) in [5, 5.41) is 9.22. The van der Waals surface area contributed by atoms with E-state index in [2.05, 4.69) is 53.5 Å². The number of hydrogen-bond donors (Lipinski definition) is 1. The van der Waals surface area contributed by atoms with E-state index in [1.54, 1.807) is 4.90 Å². The second-order valence-electron chi connectivity index (χ2n) is 12.7. The summed E-state index contributed by atoms with van der Waals surface area (Å²) >= 11 is 0. The predicted molar refractivity (Wildman–Crippen MR) is 134 cm³/mol. The van der Waals surface area contributed by atoms with Crippen LogP contribution in [0, 0.1) is 5.41 Å². The second-order valence-corrected chi connectivity index (χ2v) is 12.7. The molecule has 0 spiro atoms. The highest BCUT2D eigenvalue weighted by atomic mass is 16.5. The van der Waals surface area contributed by atoms with Crippen LogP contribution in [-0.2, 0) is 14.3 Å². The lowest BCUT2D eigenvalue weighted by atomic mass is 9.95. The van der Waals surface area contributed by atoms with Crippen LogP contribution < -0.4 is 0 Å². The number of rotatable bonds is 1. The van der Waals surface area contributed by atoms with Crippen LogP contribution in [0.5, 0.6) is 0 Å². The molecule has 3 saturated heterocycles. The minimum absolute atomic E-state index is 0.0237. The average molecular weight is 470 g/mol. The average Bonchev–Trinajstić information content (AvgIpc) is 3.34. The first kappa shape index (κ1) is 29.9. The van der Waals surface area contributed by atoms with E-state index >= 15 is 0 Å². The molecule has 2 unspecified atom stereocenters. The van der Waals surface area contributed by atoms with Crippen LogP contribution in [0.2, 0.25) is 0 Å². The van der Waals surface area contributed by atoms with Gasteiger partial charge in [-0.15, -0.1) is 0 Å². The van der Waals surface area contributed by atoms with Crippen LogP contribution >= 0.6 is 0 Å². The van der Waals surface area contributed by atoms with Crippen molar-refractivity contribution in [3.63, 3.8) is 0 Å². The molecule has 3 rings (SSSR count). The summed E-state index contributed by atoms with van der Waals surface area (Å²) in [5.74, 6) is 0.451. The van der Waals surface area contributed by atoms with Gasteiger partial charge in [-0.1, -0.05) is 20.8 Å². The van der Waals surface area contributed by atoms with E-state index in [0.717, 1.165) is 32.4 Å². The Hall–Kier alpha value is -1.18. The molecule has 3 heterocycles. The SMILES string of the molecule is CC(C)(C)C(=O)N1CCC(O)C1.CC(C)(C)N1CCCC1=O.CN1CCC(OC(C)(C)C)C1. The molecule has 7 nitrogen and oxygen atoms in total. The third-order valence-electron chi connectivity index (χ3n) is 5.84. The van der Waals surface area contributed by atoms with Crippen molar-refractivity contribution in [2.24, 2.45) is 5.41 Å². The van der Waals surface area contributed by atoms with Gasteiger partial charge in [0.15, 0.2) is 0 Å². The zero-order chi connectivity index (χ0) is 25.6. The Morgan fingerprint density at radius 3 is 1.85 bits per heavy atom. The van der Waals surface area contributed by atoms with Gasteiger partial charge in [-0.2, -0.15) is 0 Å². The fourth-order valence-electron chi connectivity index (χ4n) is 4.25. The molecule has 2 amide bonds. The van der Waals surface area contributed by atoms with E-state index in [-0.39, 0.29) is 28.6 Å². The van der Waals surface area contributed by atoms with Crippen LogP contribution in [0.15, 0.2) is 0 Å². The third-order valence-corrected chi connectivity index (χ3v) is 5.84. The van der Waals surface area contributed by atoms with Crippen molar-refractivity contribution in [1.29, 1.82) is 0 Å². The van der Waals surface area contributed by atoms with E-state index in [4.69, 9.17) is 4.74 Å². The zero-order valence-corrected chi connectivity index (χ0v) is 23.0. The third kappa shape index (κ3) is 11.2. The Kier molecular flexibility index (Phi) is 10.8. The van der Waals surface area contributed by atoms with Gasteiger partial charge in [0.05, 0.1) is 17.8 Å². The summed E-state index contributed by atoms with van der Waals surface area (Å²) in [6, 6.07) is 0. The van der Waals surface area contributed by atoms with Crippen molar-refractivity contribution in [2.75, 3.05) is 39.8 Å². The number of ether oxygens (including phenoxy) is 1. The van der Waals surface area contributed by atoms with Crippen LogP contribution in [0.25, 0.3) is 0 Å². The molecule has 0 bridgehead atoms. The van der Waals surface area contributed by atoms with Crippen molar-refractivity contribution in [1.82, 2.24) is 14.7 Å². The van der Waals surface area contributed by atoms with Crippen molar-refractivity contribution in [3.05, 3.63) is 0 Å². The van der Waals surface area contributed by atoms with Gasteiger partial charge in [0.25, 0.3) is 0 Å². The molecule has 194 valence electrons. The van der Waals surface area contributed by atoms with Crippen molar-refractivity contribution in [2.45, 2.75) is 111 Å². The topological polar surface area (TPSA) is 73.3 Å². The maximum Gasteiger partial charge on any atom is 0.228 e. The zero-order valence-electron chi connectivity index (χ0n) is 23.0. The normalized spacial score (nSPS) is 24.4. The molecule has 0 radical (unpaired) electrons. The Morgan fingerprint density at radius 1 is 0.939 bits per heavy atom. The van der Waals surface area contributed by atoms with Crippen molar-refractivity contribution in [3.8, 4) is 0 Å². The highest BCUT2D eigenvalue weighted by Gasteiger charge is 2.32. The molecule has 33 heavy (non-hydrogen) atoms. The number of likely N-dealkylation sites (tertiary alicyclic amines) is 3. The first-order chi connectivity index (χ1) is 14.9. The summed E-state index contributed by atoms with van der Waals surface area (Å²) in [5.41, 5.74) is -0.256. The maximum absolute atomic E-state index is 11.6. The quantitative estimate of drug-likeness (QED) is 0.636. The molecular weight excluding hydrogens is 418 g/mol. The highest BCUT2D eigenvalue weighted by molar-refractivity contribution is 5.81. The summed E-state index contributed by atoms with van der Waals surface area (Å²) < 4.78 is 5.83. The number of likely N-dealkylation sites (N-methyl/N-ethyl adjacent to an activating group) is 1. The summed E-state index contributed by atoms with van der Waals surface area (Å²) in [6.07, 6.45) is 3.85. The van der Waals surface area contributed by atoms with Crippen LogP contribution in [0.3, 0.4) is 0 Å². The standard InChI is InChI=1S/C9H17NO2.C9H19NO.C8H15NO/c1-9(2,3)8(12)10-5-4-7(11)6-10;1-9(2,3)11-8-5-6-10(4)7-8;1-8(2,3)9-6-4-5-7(9)10/h7,11H,4-6H2,1-3H3;8H,5-7H2,1-4H3;4-6H2,1-3H3. The van der Waals surface area contributed by atoms with Gasteiger partial charge in [-0.3, -0.25) is 9.59 Å². The van der Waals surface area contributed by atoms with E-state index < -0.39 is 0 Å². The van der Waals surface area contributed by atoms with Crippen LogP contribution in [0.4, 0.5) is 0 Å². The molecular formula is C26H51N3O4. The second kappa shape index (κ2) is 12.0. The number of hydrogen-bond acceptors (Lipinski definition) is 5. The number of amides is 2. The molecule has 0 saturated carbocycles. The fraction of sp³-hybridized carbons (Fsp3) is 0.923. The molecule has 3 fully saturated rings. The Labute approximate surface area is 202 Å². The van der Waals surface area contributed by atoms with Crippen molar-refractivity contribution < 1.29 is 19.4 Å². The molecule has 0 aromatic carbocycles. The Balaban J connectivity index is 0.000000249. The van der Waals surface area contributed by atoms with Gasteiger partial charge in [0, 0.05) is 50.1 Å². The predicted octanol–water partition coefficient (Wildman–Crippen LogP) is 3.54. The molecule has 2 atom stereocenters. The van der Waals surface area contributed by atoms with E-state index in [1.165, 1.54) is 13.0 Å². The number of nitrogens with zero attached hydrogens (tertiary/aromatic N) is 3. The van der Waals surface area contributed by atoms with Crippen molar-refractivity contribution >= 4 is 11.8 Å². The van der Waals surface area contributed by atoms with Gasteiger partial charge in [-0.25, -0.2) is 0 Å². The molecule has 3 aliphatic rings. The van der Waals surface area contributed by atoms with E-state index in [9.17, 15) is 14.7 Å². The van der Waals surface area contributed by atoms with E-state index in [1.807, 2.05) is 25.7 Å². The first-order valence-electron chi connectivity index (χ1n) is 12.5. The monoisotopic (exact) mass is 469 g/mol. The molecule has 0 aromatic rings. The van der Waals surface area contributed by atoms with Gasteiger partial charge in [0.2, 0.25) is 11.8 Å². The summed E-state index contributed by atoms with van der Waals surface area (Å²) in [7, 11) is 2.14. The molecule has 1 N–H and O–H groups in total. The fourth-order valence-corrected chi connectivity index (χ4v) is 4.25. The van der Waals surface area contributed by atoms with E-state index in [0.29, 0.717) is 25.1 Å². The lowest BCUT2D eigenvalue weighted by Gasteiger charge is -2.31. The Bertz CT molecular complexity index is 631. The summed E-state index contributed by atoms with van der Waals surface area (Å²) in [4.78, 5) is 28.8. The lowest BCUT2D eigenvalue weighted by molar-refractivity contribution is -0.138. The minimum atomic E-state index is -0.315. The number of carbonyl (C=O) groups excluding carboxylic acids is 2. The van der Waals surface area contributed by atoms with Crippen LogP contribution in [-0.4, -0.2) is 94.7 Å². The molecule has 3 aliphatic heterocycles. The smallest absolute Gasteiger partial charge is 0.228 e. The summed E-state index contributed by atoms with van der Waals surface area (Å²) in [6.45, 7) is 22.7. The van der Waals surface area contributed by atoms with Crippen LogP contribution in [0.1, 0.15) is 88.0 Å².